The van der Waals surface area contributed by atoms with Crippen LogP contribution in [0.1, 0.15) is 18.7 Å². The molecule has 2 N–H and O–H groups in total. The summed E-state index contributed by atoms with van der Waals surface area (Å²) in [4.78, 5) is 1.20. The van der Waals surface area contributed by atoms with E-state index in [1.54, 1.807) is 11.3 Å². The Hall–Kier alpha value is -0.430. The summed E-state index contributed by atoms with van der Waals surface area (Å²) in [5.41, 5.74) is 0. The van der Waals surface area contributed by atoms with Crippen molar-refractivity contribution in [2.75, 3.05) is 18.8 Å². The minimum absolute atomic E-state index is 0.0553. The van der Waals surface area contributed by atoms with Crippen LogP contribution >= 0.6 is 11.3 Å². The molecule has 1 aromatic heterocycles. The highest BCUT2D eigenvalue weighted by Crippen LogP contribution is 2.11. The fourth-order valence-corrected chi connectivity index (χ4v) is 3.58. The highest BCUT2D eigenvalue weighted by atomic mass is 32.2. The number of hydrogen-bond donors (Lipinski definition) is 2. The molecule has 6 heteroatoms. The zero-order valence-electron chi connectivity index (χ0n) is 10.3. The van der Waals surface area contributed by atoms with Gasteiger partial charge in [0.05, 0.1) is 5.75 Å². The van der Waals surface area contributed by atoms with Crippen LogP contribution in [0.15, 0.2) is 17.5 Å². The van der Waals surface area contributed by atoms with Gasteiger partial charge in [-0.15, -0.1) is 11.3 Å². The Balaban J connectivity index is 2.36. The molecule has 1 aromatic rings. The lowest BCUT2D eigenvalue weighted by molar-refractivity contribution is 0.557. The molecule has 17 heavy (non-hydrogen) atoms. The molecule has 0 aliphatic rings. The second-order valence-electron chi connectivity index (χ2n) is 3.97. The highest BCUT2D eigenvalue weighted by molar-refractivity contribution is 7.89. The van der Waals surface area contributed by atoms with Crippen molar-refractivity contribution in [3.63, 3.8) is 0 Å². The highest BCUT2D eigenvalue weighted by Gasteiger charge is 2.14. The van der Waals surface area contributed by atoms with Gasteiger partial charge in [0.2, 0.25) is 10.0 Å². The SMILES string of the molecule is CCNCCS(=O)(=O)NC(C)Cc1cccs1. The quantitative estimate of drug-likeness (QED) is 0.702. The topological polar surface area (TPSA) is 58.2 Å². The van der Waals surface area contributed by atoms with Crippen molar-refractivity contribution in [2.45, 2.75) is 26.3 Å². The molecule has 1 rings (SSSR count). The molecule has 1 heterocycles. The summed E-state index contributed by atoms with van der Waals surface area (Å²) in [6.45, 7) is 5.14. The van der Waals surface area contributed by atoms with Gasteiger partial charge in [0.25, 0.3) is 0 Å². The number of hydrogen-bond acceptors (Lipinski definition) is 4. The molecular weight excluding hydrogens is 256 g/mol. The average molecular weight is 276 g/mol. The van der Waals surface area contributed by atoms with Crippen LogP contribution in [0.5, 0.6) is 0 Å². The summed E-state index contributed by atoms with van der Waals surface area (Å²) in [5.74, 6) is 0.135. The summed E-state index contributed by atoms with van der Waals surface area (Å²) < 4.78 is 26.1. The van der Waals surface area contributed by atoms with E-state index in [1.807, 2.05) is 31.4 Å². The van der Waals surface area contributed by atoms with Crippen LogP contribution in [0.2, 0.25) is 0 Å². The largest absolute Gasteiger partial charge is 0.316 e. The molecule has 1 unspecified atom stereocenters. The summed E-state index contributed by atoms with van der Waals surface area (Å²) in [7, 11) is -3.16. The van der Waals surface area contributed by atoms with Crippen molar-refractivity contribution >= 4 is 21.4 Å². The molecule has 0 saturated carbocycles. The van der Waals surface area contributed by atoms with Crippen LogP contribution in [-0.2, 0) is 16.4 Å². The lowest BCUT2D eigenvalue weighted by Crippen LogP contribution is -2.38. The van der Waals surface area contributed by atoms with E-state index in [2.05, 4.69) is 10.0 Å². The summed E-state index contributed by atoms with van der Waals surface area (Å²) in [6, 6.07) is 3.95. The minimum atomic E-state index is -3.16. The number of rotatable bonds is 8. The predicted molar refractivity (Wildman–Crippen MR) is 73.0 cm³/mol. The van der Waals surface area contributed by atoms with Gasteiger partial charge in [-0.1, -0.05) is 13.0 Å². The second-order valence-corrected chi connectivity index (χ2v) is 6.88. The van der Waals surface area contributed by atoms with E-state index in [9.17, 15) is 8.42 Å². The van der Waals surface area contributed by atoms with E-state index in [-0.39, 0.29) is 11.8 Å². The van der Waals surface area contributed by atoms with E-state index < -0.39 is 10.0 Å². The van der Waals surface area contributed by atoms with E-state index in [0.29, 0.717) is 6.54 Å². The van der Waals surface area contributed by atoms with E-state index in [1.165, 1.54) is 4.88 Å². The fraction of sp³-hybridized carbons (Fsp3) is 0.636. The lowest BCUT2D eigenvalue weighted by Gasteiger charge is -2.13. The first kappa shape index (κ1) is 14.6. The molecule has 0 aliphatic carbocycles. The lowest BCUT2D eigenvalue weighted by atomic mass is 10.2. The molecule has 0 fully saturated rings. The Morgan fingerprint density at radius 2 is 2.24 bits per heavy atom. The molecule has 0 amide bonds. The van der Waals surface area contributed by atoms with Gasteiger partial charge in [-0.05, 0) is 31.3 Å². The van der Waals surface area contributed by atoms with Gasteiger partial charge < -0.3 is 5.32 Å². The van der Waals surface area contributed by atoms with Crippen molar-refractivity contribution in [1.82, 2.24) is 10.0 Å². The zero-order valence-corrected chi connectivity index (χ0v) is 11.9. The maximum Gasteiger partial charge on any atom is 0.213 e. The average Bonchev–Trinajstić information content (AvgIpc) is 2.69. The normalized spacial score (nSPS) is 13.8. The Kier molecular flexibility index (Phi) is 6.11. The van der Waals surface area contributed by atoms with Crippen LogP contribution in [-0.4, -0.2) is 33.3 Å². The molecule has 0 spiro atoms. The zero-order chi connectivity index (χ0) is 12.7. The van der Waals surface area contributed by atoms with Crippen molar-refractivity contribution in [3.05, 3.63) is 22.4 Å². The molecule has 0 bridgehead atoms. The van der Waals surface area contributed by atoms with Gasteiger partial charge in [-0.3, -0.25) is 0 Å². The number of nitrogens with one attached hydrogen (secondary N) is 2. The predicted octanol–water partition coefficient (Wildman–Crippen LogP) is 1.21. The van der Waals surface area contributed by atoms with Crippen molar-refractivity contribution < 1.29 is 8.42 Å². The molecule has 0 radical (unpaired) electrons. The third kappa shape index (κ3) is 6.16. The Bertz CT molecular complexity index is 401. The third-order valence-corrected chi connectivity index (χ3v) is 4.67. The second kappa shape index (κ2) is 7.10. The Morgan fingerprint density at radius 1 is 1.47 bits per heavy atom. The van der Waals surface area contributed by atoms with Gasteiger partial charge in [0.1, 0.15) is 0 Å². The van der Waals surface area contributed by atoms with Crippen LogP contribution < -0.4 is 10.0 Å². The Morgan fingerprint density at radius 3 is 2.82 bits per heavy atom. The van der Waals surface area contributed by atoms with Crippen LogP contribution in [0, 0.1) is 0 Å². The van der Waals surface area contributed by atoms with Crippen LogP contribution in [0.4, 0.5) is 0 Å². The summed E-state index contributed by atoms with van der Waals surface area (Å²) in [6.07, 6.45) is 0.748. The standard InChI is InChI=1S/C11H20N2O2S2/c1-3-12-6-8-17(14,15)13-10(2)9-11-5-4-7-16-11/h4-5,7,10,12-13H,3,6,8-9H2,1-2H3. The first-order valence-corrected chi connectivity index (χ1v) is 8.30. The van der Waals surface area contributed by atoms with E-state index in [4.69, 9.17) is 0 Å². The molecular formula is C11H20N2O2S2. The smallest absolute Gasteiger partial charge is 0.213 e. The maximum absolute atomic E-state index is 11.7. The van der Waals surface area contributed by atoms with E-state index >= 15 is 0 Å². The first-order valence-electron chi connectivity index (χ1n) is 5.76. The maximum atomic E-state index is 11.7. The summed E-state index contributed by atoms with van der Waals surface area (Å²) in [5, 5.41) is 5.01. The van der Waals surface area contributed by atoms with Gasteiger partial charge in [-0.25, -0.2) is 13.1 Å². The fourth-order valence-electron chi connectivity index (χ4n) is 1.52. The molecule has 98 valence electrons. The monoisotopic (exact) mass is 276 g/mol. The molecule has 0 aliphatic heterocycles. The molecule has 4 nitrogen and oxygen atoms in total. The van der Waals surface area contributed by atoms with Gasteiger partial charge in [0.15, 0.2) is 0 Å². The van der Waals surface area contributed by atoms with Crippen molar-refractivity contribution in [2.24, 2.45) is 0 Å². The molecule has 0 saturated heterocycles. The third-order valence-electron chi connectivity index (χ3n) is 2.27. The molecule has 0 aromatic carbocycles. The van der Waals surface area contributed by atoms with Gasteiger partial charge in [0, 0.05) is 17.5 Å². The van der Waals surface area contributed by atoms with Crippen molar-refractivity contribution in [3.8, 4) is 0 Å². The van der Waals surface area contributed by atoms with Crippen LogP contribution in [0.3, 0.4) is 0 Å². The van der Waals surface area contributed by atoms with Crippen LogP contribution in [0.25, 0.3) is 0 Å². The Labute approximate surface area is 107 Å². The van der Waals surface area contributed by atoms with Crippen molar-refractivity contribution in [1.29, 1.82) is 0 Å². The van der Waals surface area contributed by atoms with Gasteiger partial charge in [-0.2, -0.15) is 0 Å². The summed E-state index contributed by atoms with van der Waals surface area (Å²) >= 11 is 1.65. The van der Waals surface area contributed by atoms with Gasteiger partial charge >= 0.3 is 0 Å². The number of thiophene rings is 1. The first-order chi connectivity index (χ1) is 8.03. The molecule has 1 atom stereocenters. The number of sulfonamides is 1. The minimum Gasteiger partial charge on any atom is -0.316 e. The van der Waals surface area contributed by atoms with E-state index in [0.717, 1.165) is 13.0 Å².